The first-order valence-corrected chi connectivity index (χ1v) is 10.4. The van der Waals surface area contributed by atoms with Gasteiger partial charge in [0.15, 0.2) is 5.82 Å². The van der Waals surface area contributed by atoms with E-state index in [0.717, 1.165) is 28.7 Å². The van der Waals surface area contributed by atoms with Gasteiger partial charge >= 0.3 is 5.69 Å². The van der Waals surface area contributed by atoms with Crippen molar-refractivity contribution in [3.8, 4) is 17.1 Å². The molecular weight excluding hydrogens is 395 g/mol. The molecule has 3 aromatic rings. The van der Waals surface area contributed by atoms with E-state index in [0.29, 0.717) is 11.5 Å². The number of carbonyl (C=O) groups is 1. The third-order valence-electron chi connectivity index (χ3n) is 5.62. The van der Waals surface area contributed by atoms with Crippen molar-refractivity contribution in [1.29, 1.82) is 0 Å². The third-order valence-corrected chi connectivity index (χ3v) is 5.62. The number of rotatable bonds is 7. The zero-order chi connectivity index (χ0) is 22.8. The van der Waals surface area contributed by atoms with Gasteiger partial charge in [0.1, 0.15) is 6.67 Å². The molecule has 0 unspecified atom stereocenters. The number of amides is 1. The van der Waals surface area contributed by atoms with Crippen LogP contribution in [0.3, 0.4) is 0 Å². The van der Waals surface area contributed by atoms with Crippen LogP contribution < -0.4 is 11.0 Å². The number of aromatic amines is 1. The van der Waals surface area contributed by atoms with E-state index >= 15 is 0 Å². The number of carbonyl (C=O) groups excluding carboxylic acids is 1. The number of halogens is 1. The molecule has 0 saturated carbocycles. The molecule has 31 heavy (non-hydrogen) atoms. The van der Waals surface area contributed by atoms with Gasteiger partial charge in [0.25, 0.3) is 0 Å². The number of benzene rings is 2. The average molecular weight is 425 g/mol. The Kier molecular flexibility index (Phi) is 6.43. The van der Waals surface area contributed by atoms with Crippen LogP contribution >= 0.6 is 0 Å². The molecule has 6 nitrogen and oxygen atoms in total. The number of hydrogen-bond acceptors (Lipinski definition) is 3. The maximum Gasteiger partial charge on any atom is 0.348 e. The van der Waals surface area contributed by atoms with Crippen molar-refractivity contribution in [2.45, 2.75) is 47.6 Å². The highest BCUT2D eigenvalue weighted by molar-refractivity contribution is 5.82. The van der Waals surface area contributed by atoms with Gasteiger partial charge in [-0.2, -0.15) is 4.68 Å². The van der Waals surface area contributed by atoms with Crippen LogP contribution in [0.4, 0.5) is 4.39 Å². The summed E-state index contributed by atoms with van der Waals surface area (Å²) in [5, 5.41) is 7.33. The summed E-state index contributed by atoms with van der Waals surface area (Å²) < 4.78 is 14.4. The zero-order valence-electron chi connectivity index (χ0n) is 18.7. The molecule has 1 heterocycles. The second-order valence-corrected chi connectivity index (χ2v) is 8.45. The summed E-state index contributed by atoms with van der Waals surface area (Å²) in [5.41, 5.74) is 4.05. The Morgan fingerprint density at radius 1 is 1.16 bits per heavy atom. The first-order valence-electron chi connectivity index (χ1n) is 10.4. The molecule has 0 radical (unpaired) electrons. The van der Waals surface area contributed by atoms with E-state index < -0.39 is 12.1 Å². The normalized spacial score (nSPS) is 11.5. The predicted molar refractivity (Wildman–Crippen MR) is 120 cm³/mol. The molecule has 7 heteroatoms. The topological polar surface area (TPSA) is 79.8 Å². The van der Waals surface area contributed by atoms with Gasteiger partial charge in [-0.1, -0.05) is 31.2 Å². The van der Waals surface area contributed by atoms with E-state index in [1.165, 1.54) is 10.2 Å². The van der Waals surface area contributed by atoms with Crippen LogP contribution in [-0.4, -0.2) is 27.3 Å². The van der Waals surface area contributed by atoms with Crippen molar-refractivity contribution in [3.63, 3.8) is 0 Å². The molecular formula is C24H29FN4O2. The van der Waals surface area contributed by atoms with Gasteiger partial charge in [-0.05, 0) is 68.5 Å². The summed E-state index contributed by atoms with van der Waals surface area (Å²) in [6, 6.07) is 11.6. The first-order chi connectivity index (χ1) is 14.7. The predicted octanol–water partition coefficient (Wildman–Crippen LogP) is 4.02. The third kappa shape index (κ3) is 4.60. The lowest BCUT2D eigenvalue weighted by atomic mass is 9.93. The van der Waals surface area contributed by atoms with Crippen LogP contribution in [0, 0.1) is 19.3 Å². The van der Waals surface area contributed by atoms with Crippen LogP contribution in [0.15, 0.2) is 41.2 Å². The van der Waals surface area contributed by atoms with Gasteiger partial charge in [-0.15, -0.1) is 5.10 Å². The maximum absolute atomic E-state index is 13.1. The Morgan fingerprint density at radius 3 is 2.45 bits per heavy atom. The maximum atomic E-state index is 13.1. The molecule has 0 aliphatic carbocycles. The molecule has 0 aliphatic heterocycles. The smallest absolute Gasteiger partial charge is 0.348 e. The SMILES string of the molecule is CCc1ccc(-n2nc(-c3c(C)ccc(CNC(=O)C(C)(C)CF)c3C)[nH]c2=O)cc1. The molecule has 0 atom stereocenters. The molecule has 2 aromatic carbocycles. The quantitative estimate of drug-likeness (QED) is 0.601. The van der Waals surface area contributed by atoms with Gasteiger partial charge in [-0.3, -0.25) is 9.78 Å². The Morgan fingerprint density at radius 2 is 1.84 bits per heavy atom. The number of nitrogens with one attached hydrogen (secondary N) is 2. The fourth-order valence-electron chi connectivity index (χ4n) is 3.41. The number of hydrogen-bond donors (Lipinski definition) is 2. The molecule has 2 N–H and O–H groups in total. The molecule has 1 amide bonds. The fraction of sp³-hybridized carbons (Fsp3) is 0.375. The van der Waals surface area contributed by atoms with Crippen molar-refractivity contribution in [2.75, 3.05) is 6.67 Å². The van der Waals surface area contributed by atoms with Gasteiger partial charge in [-0.25, -0.2) is 9.18 Å². The molecule has 0 aliphatic rings. The van der Waals surface area contributed by atoms with Crippen molar-refractivity contribution >= 4 is 5.91 Å². The molecule has 0 saturated heterocycles. The monoisotopic (exact) mass is 424 g/mol. The van der Waals surface area contributed by atoms with E-state index in [-0.39, 0.29) is 18.1 Å². The minimum atomic E-state index is -1.07. The fourth-order valence-corrected chi connectivity index (χ4v) is 3.41. The lowest BCUT2D eigenvalue weighted by molar-refractivity contribution is -0.130. The van der Waals surface area contributed by atoms with Gasteiger partial charge in [0, 0.05) is 12.1 Å². The lowest BCUT2D eigenvalue weighted by Gasteiger charge is -2.20. The van der Waals surface area contributed by atoms with Crippen LogP contribution in [0.2, 0.25) is 0 Å². The highest BCUT2D eigenvalue weighted by Gasteiger charge is 2.27. The molecule has 164 valence electrons. The van der Waals surface area contributed by atoms with E-state index in [2.05, 4.69) is 22.3 Å². The summed E-state index contributed by atoms with van der Waals surface area (Å²) in [4.78, 5) is 27.7. The molecule has 0 spiro atoms. The van der Waals surface area contributed by atoms with Crippen molar-refractivity contribution < 1.29 is 9.18 Å². The van der Waals surface area contributed by atoms with Gasteiger partial charge in [0.05, 0.1) is 11.1 Å². The largest absolute Gasteiger partial charge is 0.351 e. The van der Waals surface area contributed by atoms with Crippen molar-refractivity contribution in [2.24, 2.45) is 5.41 Å². The first kappa shape index (κ1) is 22.5. The summed E-state index contributed by atoms with van der Waals surface area (Å²) in [6.07, 6.45) is 0.922. The second-order valence-electron chi connectivity index (χ2n) is 8.45. The highest BCUT2D eigenvalue weighted by atomic mass is 19.1. The van der Waals surface area contributed by atoms with Crippen molar-refractivity contribution in [1.82, 2.24) is 20.1 Å². The van der Waals surface area contributed by atoms with Gasteiger partial charge < -0.3 is 5.32 Å². The highest BCUT2D eigenvalue weighted by Crippen LogP contribution is 2.27. The average Bonchev–Trinajstić information content (AvgIpc) is 3.14. The van der Waals surface area contributed by atoms with Crippen LogP contribution in [0.5, 0.6) is 0 Å². The minimum Gasteiger partial charge on any atom is -0.351 e. The summed E-state index contributed by atoms with van der Waals surface area (Å²) in [6.45, 7) is 8.63. The molecule has 0 bridgehead atoms. The van der Waals surface area contributed by atoms with Crippen molar-refractivity contribution in [3.05, 3.63) is 69.1 Å². The number of alkyl halides is 1. The lowest BCUT2D eigenvalue weighted by Crippen LogP contribution is -2.38. The number of aryl methyl sites for hydroxylation is 2. The molecule has 3 rings (SSSR count). The summed E-state index contributed by atoms with van der Waals surface area (Å²) >= 11 is 0. The standard InChI is InChI=1S/C24H29FN4O2/c1-6-17-8-11-19(12-9-17)29-23(31)27-21(28-29)20-15(2)7-10-18(16(20)3)13-26-22(30)24(4,5)14-25/h7-12H,6,13-14H2,1-5H3,(H,26,30)(H,27,28,31). The number of H-pyrrole nitrogens is 1. The number of nitrogens with zero attached hydrogens (tertiary/aromatic N) is 2. The van der Waals surface area contributed by atoms with Crippen LogP contribution in [0.1, 0.15) is 43.0 Å². The zero-order valence-corrected chi connectivity index (χ0v) is 18.7. The molecule has 0 fully saturated rings. The van der Waals surface area contributed by atoms with E-state index in [1.807, 2.05) is 50.2 Å². The minimum absolute atomic E-state index is 0.269. The molecule has 1 aromatic heterocycles. The Hall–Kier alpha value is -3.22. The van der Waals surface area contributed by atoms with E-state index in [9.17, 15) is 14.0 Å². The second kappa shape index (κ2) is 8.88. The Labute approximate surface area is 181 Å². The van der Waals surface area contributed by atoms with Crippen LogP contribution in [-0.2, 0) is 17.8 Å². The Balaban J connectivity index is 1.93. The van der Waals surface area contributed by atoms with Crippen LogP contribution in [0.25, 0.3) is 17.1 Å². The Bertz CT molecular complexity index is 1140. The van der Waals surface area contributed by atoms with Gasteiger partial charge in [0.2, 0.25) is 5.91 Å². The van der Waals surface area contributed by atoms with E-state index in [4.69, 9.17) is 0 Å². The van der Waals surface area contributed by atoms with E-state index in [1.54, 1.807) is 13.8 Å². The summed E-state index contributed by atoms with van der Waals surface area (Å²) in [5.74, 6) is 0.126. The summed E-state index contributed by atoms with van der Waals surface area (Å²) in [7, 11) is 0. The number of aromatic nitrogens is 3.